The van der Waals surface area contributed by atoms with Gasteiger partial charge in [0.05, 0.1) is 5.02 Å². The molecular formula is C11H13BrClN. The van der Waals surface area contributed by atoms with Crippen molar-refractivity contribution in [3.05, 3.63) is 45.9 Å². The molecule has 0 heterocycles. The summed E-state index contributed by atoms with van der Waals surface area (Å²) in [4.78, 5) is 0. The average molecular weight is 275 g/mol. The van der Waals surface area contributed by atoms with Crippen molar-refractivity contribution in [2.24, 2.45) is 0 Å². The molecule has 0 aliphatic carbocycles. The highest BCUT2D eigenvalue weighted by atomic mass is 79.9. The zero-order chi connectivity index (χ0) is 10.6. The molecule has 0 amide bonds. The van der Waals surface area contributed by atoms with Gasteiger partial charge in [-0.2, -0.15) is 0 Å². The van der Waals surface area contributed by atoms with E-state index in [1.165, 1.54) is 5.56 Å². The van der Waals surface area contributed by atoms with E-state index in [4.69, 9.17) is 11.6 Å². The number of benzene rings is 1. The van der Waals surface area contributed by atoms with Gasteiger partial charge in [-0.05, 0) is 47.1 Å². The first-order valence-electron chi connectivity index (χ1n) is 4.42. The van der Waals surface area contributed by atoms with Crippen LogP contribution in [0.15, 0.2) is 35.3 Å². The van der Waals surface area contributed by atoms with Gasteiger partial charge in [-0.25, -0.2) is 0 Å². The molecule has 14 heavy (non-hydrogen) atoms. The Morgan fingerprint density at radius 2 is 2.36 bits per heavy atom. The Morgan fingerprint density at radius 1 is 1.64 bits per heavy atom. The van der Waals surface area contributed by atoms with Crippen molar-refractivity contribution in [3.8, 4) is 0 Å². The molecule has 1 rings (SSSR count). The van der Waals surface area contributed by atoms with E-state index >= 15 is 0 Å². The molecule has 0 aliphatic heterocycles. The highest BCUT2D eigenvalue weighted by molar-refractivity contribution is 9.10. The van der Waals surface area contributed by atoms with Gasteiger partial charge in [0.2, 0.25) is 0 Å². The van der Waals surface area contributed by atoms with E-state index in [0.717, 1.165) is 15.9 Å². The quantitative estimate of drug-likeness (QED) is 0.820. The molecule has 0 fully saturated rings. The summed E-state index contributed by atoms with van der Waals surface area (Å²) in [6.07, 6.45) is 2.81. The zero-order valence-corrected chi connectivity index (χ0v) is 10.4. The predicted molar refractivity (Wildman–Crippen MR) is 65.8 cm³/mol. The summed E-state index contributed by atoms with van der Waals surface area (Å²) in [5.74, 6) is 0. The summed E-state index contributed by atoms with van der Waals surface area (Å²) in [7, 11) is 1.94. The van der Waals surface area contributed by atoms with Crippen LogP contribution in [-0.4, -0.2) is 7.05 Å². The fraction of sp³-hybridized carbons (Fsp3) is 0.273. The molecule has 76 valence electrons. The average Bonchev–Trinajstić information content (AvgIpc) is 2.19. The van der Waals surface area contributed by atoms with E-state index < -0.39 is 0 Å². The molecule has 0 saturated carbocycles. The van der Waals surface area contributed by atoms with Crippen LogP contribution in [0.5, 0.6) is 0 Å². The molecule has 1 aromatic carbocycles. The first kappa shape index (κ1) is 11.8. The van der Waals surface area contributed by atoms with Gasteiger partial charge in [0.1, 0.15) is 0 Å². The highest BCUT2D eigenvalue weighted by Crippen LogP contribution is 2.27. The Kier molecular flexibility index (Phi) is 4.66. The minimum atomic E-state index is 0.307. The fourth-order valence-electron chi connectivity index (χ4n) is 1.32. The van der Waals surface area contributed by atoms with Gasteiger partial charge in [0.25, 0.3) is 0 Å². The molecule has 0 saturated heterocycles. The van der Waals surface area contributed by atoms with E-state index in [2.05, 4.69) is 27.8 Å². The topological polar surface area (TPSA) is 12.0 Å². The standard InChI is InChI=1S/C11H13BrClN/c1-3-4-11(14-2)8-5-6-10(13)9(12)7-8/h3,5-7,11,14H,1,4H2,2H3. The number of nitrogens with one attached hydrogen (secondary N) is 1. The number of rotatable bonds is 4. The summed E-state index contributed by atoms with van der Waals surface area (Å²) in [6, 6.07) is 6.26. The largest absolute Gasteiger partial charge is 0.313 e. The molecule has 1 N–H and O–H groups in total. The van der Waals surface area contributed by atoms with Crippen LogP contribution in [0.4, 0.5) is 0 Å². The normalized spacial score (nSPS) is 12.5. The van der Waals surface area contributed by atoms with Crippen LogP contribution in [0.2, 0.25) is 5.02 Å². The lowest BCUT2D eigenvalue weighted by molar-refractivity contribution is 0.603. The maximum Gasteiger partial charge on any atom is 0.0548 e. The van der Waals surface area contributed by atoms with Crippen LogP contribution in [0.3, 0.4) is 0 Å². The monoisotopic (exact) mass is 273 g/mol. The van der Waals surface area contributed by atoms with E-state index in [-0.39, 0.29) is 0 Å². The van der Waals surface area contributed by atoms with Crippen molar-refractivity contribution in [2.45, 2.75) is 12.5 Å². The van der Waals surface area contributed by atoms with Crippen LogP contribution in [0, 0.1) is 0 Å². The summed E-state index contributed by atoms with van der Waals surface area (Å²) in [5, 5.41) is 3.97. The summed E-state index contributed by atoms with van der Waals surface area (Å²) < 4.78 is 0.931. The van der Waals surface area contributed by atoms with E-state index in [9.17, 15) is 0 Å². The van der Waals surface area contributed by atoms with Crippen LogP contribution >= 0.6 is 27.5 Å². The fourth-order valence-corrected chi connectivity index (χ4v) is 1.83. The molecular weight excluding hydrogens is 261 g/mol. The van der Waals surface area contributed by atoms with Gasteiger partial charge in [-0.3, -0.25) is 0 Å². The van der Waals surface area contributed by atoms with E-state index in [0.29, 0.717) is 6.04 Å². The minimum Gasteiger partial charge on any atom is -0.313 e. The van der Waals surface area contributed by atoms with Crippen LogP contribution in [0.1, 0.15) is 18.0 Å². The lowest BCUT2D eigenvalue weighted by atomic mass is 10.0. The summed E-state index contributed by atoms with van der Waals surface area (Å²) in [5.41, 5.74) is 1.21. The first-order chi connectivity index (χ1) is 6.69. The predicted octanol–water partition coefficient (Wildman–Crippen LogP) is 3.94. The maximum absolute atomic E-state index is 5.92. The molecule has 3 heteroatoms. The van der Waals surface area contributed by atoms with Crippen molar-refractivity contribution in [1.29, 1.82) is 0 Å². The Labute approximate surface area is 98.3 Å². The third-order valence-electron chi connectivity index (χ3n) is 2.10. The molecule has 1 nitrogen and oxygen atoms in total. The van der Waals surface area contributed by atoms with Crippen molar-refractivity contribution in [1.82, 2.24) is 5.32 Å². The van der Waals surface area contributed by atoms with Gasteiger partial charge >= 0.3 is 0 Å². The highest BCUT2D eigenvalue weighted by Gasteiger charge is 2.08. The summed E-state index contributed by atoms with van der Waals surface area (Å²) in [6.45, 7) is 3.74. The van der Waals surface area contributed by atoms with Crippen LogP contribution in [0.25, 0.3) is 0 Å². The molecule has 1 atom stereocenters. The molecule has 0 radical (unpaired) electrons. The molecule has 1 unspecified atom stereocenters. The molecule has 0 bridgehead atoms. The Balaban J connectivity index is 2.93. The Bertz CT molecular complexity index is 325. The van der Waals surface area contributed by atoms with Crippen molar-refractivity contribution in [2.75, 3.05) is 7.05 Å². The molecule has 0 spiro atoms. The van der Waals surface area contributed by atoms with Crippen LogP contribution < -0.4 is 5.32 Å². The SMILES string of the molecule is C=CCC(NC)c1ccc(Cl)c(Br)c1. The van der Waals surface area contributed by atoms with E-state index in [1.807, 2.05) is 31.3 Å². The lowest BCUT2D eigenvalue weighted by Crippen LogP contribution is -2.15. The molecule has 0 aliphatic rings. The Morgan fingerprint density at radius 3 is 2.86 bits per heavy atom. The second-order valence-electron chi connectivity index (χ2n) is 3.04. The van der Waals surface area contributed by atoms with Gasteiger partial charge in [0.15, 0.2) is 0 Å². The number of hydrogen-bond acceptors (Lipinski definition) is 1. The van der Waals surface area contributed by atoms with Crippen LogP contribution in [-0.2, 0) is 0 Å². The van der Waals surface area contributed by atoms with Crippen molar-refractivity contribution < 1.29 is 0 Å². The van der Waals surface area contributed by atoms with Gasteiger partial charge in [0, 0.05) is 10.5 Å². The number of hydrogen-bond donors (Lipinski definition) is 1. The second kappa shape index (κ2) is 5.54. The molecule has 1 aromatic rings. The van der Waals surface area contributed by atoms with Crippen molar-refractivity contribution in [3.63, 3.8) is 0 Å². The van der Waals surface area contributed by atoms with Gasteiger partial charge in [-0.15, -0.1) is 6.58 Å². The van der Waals surface area contributed by atoms with E-state index in [1.54, 1.807) is 0 Å². The lowest BCUT2D eigenvalue weighted by Gasteiger charge is -2.15. The number of halogens is 2. The zero-order valence-electron chi connectivity index (χ0n) is 8.06. The first-order valence-corrected chi connectivity index (χ1v) is 5.59. The second-order valence-corrected chi connectivity index (χ2v) is 4.30. The van der Waals surface area contributed by atoms with Gasteiger partial charge in [-0.1, -0.05) is 23.7 Å². The summed E-state index contributed by atoms with van der Waals surface area (Å²) >= 11 is 9.33. The maximum atomic E-state index is 5.92. The van der Waals surface area contributed by atoms with Gasteiger partial charge < -0.3 is 5.32 Å². The third kappa shape index (κ3) is 2.84. The van der Waals surface area contributed by atoms with Crippen molar-refractivity contribution >= 4 is 27.5 Å². The third-order valence-corrected chi connectivity index (χ3v) is 3.31. The smallest absolute Gasteiger partial charge is 0.0548 e. The minimum absolute atomic E-state index is 0.307. The Hall–Kier alpha value is -0.310. The molecule has 0 aromatic heterocycles.